The van der Waals surface area contributed by atoms with E-state index in [4.69, 9.17) is 4.74 Å². The standard InChI is InChI=1S/C17H18F2N2O2/c18-17(19)23-15-6-3-4-13(10-15)16-12-21(8-9-22-16)11-14-5-1-2-7-20-14/h1-7,10,16-17H,8-9,11-12H2/t16-/m0/s1. The molecule has 0 aliphatic carbocycles. The average molecular weight is 320 g/mol. The summed E-state index contributed by atoms with van der Waals surface area (Å²) in [5.74, 6) is 0.156. The van der Waals surface area contributed by atoms with Gasteiger partial charge in [-0.2, -0.15) is 8.78 Å². The number of alkyl halides is 2. The number of hydrogen-bond donors (Lipinski definition) is 0. The normalized spacial score (nSPS) is 19.0. The van der Waals surface area contributed by atoms with E-state index in [1.807, 2.05) is 24.3 Å². The summed E-state index contributed by atoms with van der Waals surface area (Å²) in [5, 5.41) is 0. The molecule has 0 bridgehead atoms. The molecule has 2 aromatic rings. The van der Waals surface area contributed by atoms with E-state index in [0.29, 0.717) is 13.2 Å². The van der Waals surface area contributed by atoms with Gasteiger partial charge in [-0.05, 0) is 29.8 Å². The molecule has 4 nitrogen and oxygen atoms in total. The van der Waals surface area contributed by atoms with Crippen LogP contribution in [-0.2, 0) is 11.3 Å². The van der Waals surface area contributed by atoms with Gasteiger partial charge in [-0.15, -0.1) is 0 Å². The van der Waals surface area contributed by atoms with Crippen molar-refractivity contribution in [2.45, 2.75) is 19.3 Å². The van der Waals surface area contributed by atoms with E-state index in [-0.39, 0.29) is 11.9 Å². The Balaban J connectivity index is 1.66. The van der Waals surface area contributed by atoms with Gasteiger partial charge in [-0.1, -0.05) is 18.2 Å². The van der Waals surface area contributed by atoms with Gasteiger partial charge in [0.15, 0.2) is 0 Å². The Labute approximate surface area is 133 Å². The lowest BCUT2D eigenvalue weighted by Gasteiger charge is -2.33. The first-order valence-corrected chi connectivity index (χ1v) is 7.49. The van der Waals surface area contributed by atoms with Crippen LogP contribution in [0.1, 0.15) is 17.4 Å². The van der Waals surface area contributed by atoms with Crippen molar-refractivity contribution < 1.29 is 18.3 Å². The van der Waals surface area contributed by atoms with Crippen molar-refractivity contribution in [1.82, 2.24) is 9.88 Å². The average Bonchev–Trinajstić information content (AvgIpc) is 2.56. The molecular formula is C17H18F2N2O2. The summed E-state index contributed by atoms with van der Waals surface area (Å²) >= 11 is 0. The van der Waals surface area contributed by atoms with E-state index >= 15 is 0 Å². The monoisotopic (exact) mass is 320 g/mol. The fraction of sp³-hybridized carbons (Fsp3) is 0.353. The highest BCUT2D eigenvalue weighted by Crippen LogP contribution is 2.26. The SMILES string of the molecule is FC(F)Oc1cccc([C@@H]2CN(Cc3ccccn3)CCO2)c1. The second kappa shape index (κ2) is 7.48. The lowest BCUT2D eigenvalue weighted by atomic mass is 10.1. The third-order valence-corrected chi connectivity index (χ3v) is 3.72. The summed E-state index contributed by atoms with van der Waals surface area (Å²) in [6.45, 7) is 0.0264. The van der Waals surface area contributed by atoms with Crippen molar-refractivity contribution in [2.75, 3.05) is 19.7 Å². The maximum Gasteiger partial charge on any atom is 0.387 e. The molecule has 1 atom stereocenters. The highest BCUT2D eigenvalue weighted by molar-refractivity contribution is 5.30. The van der Waals surface area contributed by atoms with Crippen LogP contribution < -0.4 is 4.74 Å². The van der Waals surface area contributed by atoms with Gasteiger partial charge in [0.2, 0.25) is 0 Å². The van der Waals surface area contributed by atoms with E-state index < -0.39 is 6.61 Å². The quantitative estimate of drug-likeness (QED) is 0.847. The summed E-state index contributed by atoms with van der Waals surface area (Å²) in [6.07, 6.45) is 1.62. The molecule has 3 rings (SSSR count). The zero-order valence-corrected chi connectivity index (χ0v) is 12.6. The van der Waals surface area contributed by atoms with Crippen LogP contribution in [0.25, 0.3) is 0 Å². The molecule has 122 valence electrons. The number of ether oxygens (including phenoxy) is 2. The summed E-state index contributed by atoms with van der Waals surface area (Å²) in [7, 11) is 0. The first-order valence-electron chi connectivity index (χ1n) is 7.49. The Morgan fingerprint density at radius 3 is 2.96 bits per heavy atom. The van der Waals surface area contributed by atoms with Crippen LogP contribution in [0.15, 0.2) is 48.7 Å². The molecule has 1 saturated heterocycles. The third kappa shape index (κ3) is 4.46. The number of halogens is 2. The Bertz CT molecular complexity index is 625. The van der Waals surface area contributed by atoms with Gasteiger partial charge in [0, 0.05) is 25.8 Å². The Hall–Kier alpha value is -2.05. The molecule has 0 spiro atoms. The van der Waals surface area contributed by atoms with Crippen molar-refractivity contribution in [3.05, 3.63) is 59.9 Å². The van der Waals surface area contributed by atoms with Crippen molar-refractivity contribution >= 4 is 0 Å². The van der Waals surface area contributed by atoms with Crippen LogP contribution in [0, 0.1) is 0 Å². The molecule has 0 saturated carbocycles. The fourth-order valence-electron chi connectivity index (χ4n) is 2.66. The van der Waals surface area contributed by atoms with Gasteiger partial charge >= 0.3 is 6.61 Å². The van der Waals surface area contributed by atoms with Crippen LogP contribution in [0.4, 0.5) is 8.78 Å². The smallest absolute Gasteiger partial charge is 0.387 e. The maximum atomic E-state index is 12.3. The van der Waals surface area contributed by atoms with Gasteiger partial charge in [0.25, 0.3) is 0 Å². The minimum atomic E-state index is -2.82. The van der Waals surface area contributed by atoms with Crippen molar-refractivity contribution in [1.29, 1.82) is 0 Å². The largest absolute Gasteiger partial charge is 0.435 e. The molecule has 23 heavy (non-hydrogen) atoms. The summed E-state index contributed by atoms with van der Waals surface area (Å²) in [6, 6.07) is 12.5. The number of rotatable bonds is 5. The molecule has 0 N–H and O–H groups in total. The third-order valence-electron chi connectivity index (χ3n) is 3.72. The summed E-state index contributed by atoms with van der Waals surface area (Å²) in [4.78, 5) is 6.58. The number of nitrogens with zero attached hydrogens (tertiary/aromatic N) is 2. The molecule has 1 aromatic carbocycles. The summed E-state index contributed by atoms with van der Waals surface area (Å²) in [5.41, 5.74) is 1.84. The molecule has 1 aliphatic rings. The number of pyridine rings is 1. The molecule has 1 aliphatic heterocycles. The Morgan fingerprint density at radius 1 is 1.26 bits per heavy atom. The summed E-state index contributed by atoms with van der Waals surface area (Å²) < 4.78 is 34.9. The van der Waals surface area contributed by atoms with E-state index in [1.54, 1.807) is 18.3 Å². The van der Waals surface area contributed by atoms with Crippen molar-refractivity contribution in [3.8, 4) is 5.75 Å². The number of hydrogen-bond acceptors (Lipinski definition) is 4. The first-order chi connectivity index (χ1) is 11.2. The maximum absolute atomic E-state index is 12.3. The molecular weight excluding hydrogens is 302 g/mol. The van der Waals surface area contributed by atoms with Crippen LogP contribution in [0.5, 0.6) is 5.75 Å². The van der Waals surface area contributed by atoms with E-state index in [2.05, 4.69) is 14.6 Å². The predicted molar refractivity (Wildman–Crippen MR) is 81.3 cm³/mol. The second-order valence-electron chi connectivity index (χ2n) is 5.37. The predicted octanol–water partition coefficient (Wildman–Crippen LogP) is 3.26. The van der Waals surface area contributed by atoms with Crippen LogP contribution >= 0.6 is 0 Å². The lowest BCUT2D eigenvalue weighted by molar-refractivity contribution is -0.0509. The van der Waals surface area contributed by atoms with Crippen molar-refractivity contribution in [2.24, 2.45) is 0 Å². The number of aromatic nitrogens is 1. The lowest BCUT2D eigenvalue weighted by Crippen LogP contribution is -2.38. The molecule has 0 unspecified atom stereocenters. The van der Waals surface area contributed by atoms with Gasteiger partial charge in [-0.3, -0.25) is 9.88 Å². The van der Waals surface area contributed by atoms with E-state index in [1.165, 1.54) is 6.07 Å². The number of morpholine rings is 1. The fourth-order valence-corrected chi connectivity index (χ4v) is 2.66. The van der Waals surface area contributed by atoms with Crippen LogP contribution in [0.2, 0.25) is 0 Å². The van der Waals surface area contributed by atoms with E-state index in [9.17, 15) is 8.78 Å². The topological polar surface area (TPSA) is 34.6 Å². The second-order valence-corrected chi connectivity index (χ2v) is 5.37. The Morgan fingerprint density at radius 2 is 2.17 bits per heavy atom. The van der Waals surface area contributed by atoms with Crippen LogP contribution in [0.3, 0.4) is 0 Å². The van der Waals surface area contributed by atoms with Gasteiger partial charge in [0.1, 0.15) is 5.75 Å². The zero-order chi connectivity index (χ0) is 16.1. The van der Waals surface area contributed by atoms with Crippen LogP contribution in [-0.4, -0.2) is 36.2 Å². The molecule has 2 heterocycles. The van der Waals surface area contributed by atoms with Crippen molar-refractivity contribution in [3.63, 3.8) is 0 Å². The highest BCUT2D eigenvalue weighted by Gasteiger charge is 2.22. The first kappa shape index (κ1) is 15.8. The minimum Gasteiger partial charge on any atom is -0.435 e. The molecule has 1 aromatic heterocycles. The van der Waals surface area contributed by atoms with Gasteiger partial charge in [-0.25, -0.2) is 0 Å². The van der Waals surface area contributed by atoms with Gasteiger partial charge in [0.05, 0.1) is 18.4 Å². The molecule has 0 radical (unpaired) electrons. The Kier molecular flexibility index (Phi) is 5.15. The minimum absolute atomic E-state index is 0.156. The molecule has 0 amide bonds. The molecule has 6 heteroatoms. The van der Waals surface area contributed by atoms with E-state index in [0.717, 1.165) is 24.3 Å². The number of benzene rings is 1. The highest BCUT2D eigenvalue weighted by atomic mass is 19.3. The van der Waals surface area contributed by atoms with Gasteiger partial charge < -0.3 is 9.47 Å². The molecule has 1 fully saturated rings. The zero-order valence-electron chi connectivity index (χ0n) is 12.6.